The number of piperidine rings is 1. The molecule has 0 spiro atoms. The molecule has 1 saturated heterocycles. The number of benzene rings is 1. The molecule has 0 radical (unpaired) electrons. The quantitative estimate of drug-likeness (QED) is 0.567. The van der Waals surface area contributed by atoms with Gasteiger partial charge >= 0.3 is 0 Å². The number of methoxy groups -OCH3 is 4. The molecule has 0 bridgehead atoms. The summed E-state index contributed by atoms with van der Waals surface area (Å²) in [6.45, 7) is 4.89. The minimum absolute atomic E-state index is 0.171. The van der Waals surface area contributed by atoms with Crippen molar-refractivity contribution < 1.29 is 23.7 Å². The zero-order valence-corrected chi connectivity index (χ0v) is 19.4. The fraction of sp³-hybridized carbons (Fsp3) is 0.591. The normalized spacial score (nSPS) is 15.3. The number of amides is 1. The van der Waals surface area contributed by atoms with Crippen LogP contribution in [0.1, 0.15) is 30.3 Å². The molecular formula is C22H33N5O5. The van der Waals surface area contributed by atoms with Crippen molar-refractivity contribution >= 4 is 5.91 Å². The van der Waals surface area contributed by atoms with Gasteiger partial charge in [0.25, 0.3) is 5.91 Å². The third kappa shape index (κ3) is 5.31. The van der Waals surface area contributed by atoms with E-state index in [4.69, 9.17) is 18.9 Å². The van der Waals surface area contributed by atoms with Crippen molar-refractivity contribution in [3.8, 4) is 28.5 Å². The van der Waals surface area contributed by atoms with E-state index in [1.54, 1.807) is 28.4 Å². The number of hydrogen-bond donors (Lipinski definition) is 2. The maximum atomic E-state index is 13.1. The second-order valence-electron chi connectivity index (χ2n) is 7.91. The molecule has 1 aliphatic heterocycles. The number of aromatic nitrogens is 3. The van der Waals surface area contributed by atoms with Gasteiger partial charge in [-0.1, -0.05) is 5.21 Å². The van der Waals surface area contributed by atoms with E-state index in [0.29, 0.717) is 47.6 Å². The van der Waals surface area contributed by atoms with Gasteiger partial charge in [0.1, 0.15) is 5.69 Å². The third-order valence-electron chi connectivity index (χ3n) is 5.57. The van der Waals surface area contributed by atoms with Crippen LogP contribution in [0.5, 0.6) is 17.2 Å². The fourth-order valence-electron chi connectivity index (χ4n) is 3.99. The first-order valence-corrected chi connectivity index (χ1v) is 10.8. The largest absolute Gasteiger partial charge is 0.493 e. The van der Waals surface area contributed by atoms with Crippen LogP contribution in [0.15, 0.2) is 12.1 Å². The molecule has 3 rings (SSSR count). The van der Waals surface area contributed by atoms with E-state index in [1.165, 1.54) is 0 Å². The Morgan fingerprint density at radius 2 is 1.81 bits per heavy atom. The van der Waals surface area contributed by atoms with Crippen LogP contribution in [0.4, 0.5) is 0 Å². The summed E-state index contributed by atoms with van der Waals surface area (Å²) in [5, 5.41) is 14.9. The molecule has 2 N–H and O–H groups in total. The number of rotatable bonds is 10. The van der Waals surface area contributed by atoms with Gasteiger partial charge in [-0.05, 0) is 50.9 Å². The zero-order chi connectivity index (χ0) is 23.1. The average Bonchev–Trinajstić information content (AvgIpc) is 3.22. The smallest absolute Gasteiger partial charge is 0.274 e. The van der Waals surface area contributed by atoms with Crippen molar-refractivity contribution in [3.05, 3.63) is 17.8 Å². The number of nitrogens with one attached hydrogen (secondary N) is 2. The molecule has 0 saturated carbocycles. The Morgan fingerprint density at radius 3 is 2.38 bits per heavy atom. The molecule has 2 aromatic rings. The average molecular weight is 448 g/mol. The number of carbonyl (C=O) groups is 1. The summed E-state index contributed by atoms with van der Waals surface area (Å²) < 4.78 is 23.4. The molecule has 1 fully saturated rings. The van der Waals surface area contributed by atoms with Gasteiger partial charge in [0.2, 0.25) is 5.75 Å². The first-order valence-electron chi connectivity index (χ1n) is 10.8. The van der Waals surface area contributed by atoms with E-state index in [1.807, 2.05) is 23.7 Å². The van der Waals surface area contributed by atoms with Crippen LogP contribution in [0, 0.1) is 5.92 Å². The molecule has 1 aliphatic rings. The van der Waals surface area contributed by atoms with Gasteiger partial charge in [-0.25, -0.2) is 4.68 Å². The summed E-state index contributed by atoms with van der Waals surface area (Å²) >= 11 is 0. The maximum Gasteiger partial charge on any atom is 0.274 e. The Kier molecular flexibility index (Phi) is 8.29. The van der Waals surface area contributed by atoms with Crippen molar-refractivity contribution in [2.45, 2.75) is 32.4 Å². The lowest BCUT2D eigenvalue weighted by atomic mass is 9.98. The van der Waals surface area contributed by atoms with Crippen molar-refractivity contribution in [1.82, 2.24) is 25.6 Å². The van der Waals surface area contributed by atoms with Gasteiger partial charge in [-0.3, -0.25) is 4.79 Å². The first-order chi connectivity index (χ1) is 15.5. The van der Waals surface area contributed by atoms with Gasteiger partial charge in [0, 0.05) is 25.3 Å². The summed E-state index contributed by atoms with van der Waals surface area (Å²) in [7, 11) is 6.27. The summed E-state index contributed by atoms with van der Waals surface area (Å²) in [6, 6.07) is 3.46. The monoisotopic (exact) mass is 447 g/mol. The van der Waals surface area contributed by atoms with Crippen LogP contribution in [-0.4, -0.2) is 75.1 Å². The van der Waals surface area contributed by atoms with Gasteiger partial charge in [0.15, 0.2) is 17.2 Å². The fourth-order valence-corrected chi connectivity index (χ4v) is 3.99. The third-order valence-corrected chi connectivity index (χ3v) is 5.57. The molecule has 1 atom stereocenters. The summed E-state index contributed by atoms with van der Waals surface area (Å²) in [4.78, 5) is 13.1. The van der Waals surface area contributed by atoms with E-state index < -0.39 is 0 Å². The summed E-state index contributed by atoms with van der Waals surface area (Å²) in [6.07, 6.45) is 2.09. The highest BCUT2D eigenvalue weighted by Crippen LogP contribution is 2.41. The molecule has 1 aromatic heterocycles. The van der Waals surface area contributed by atoms with Crippen molar-refractivity contribution in [2.75, 3.05) is 48.1 Å². The van der Waals surface area contributed by atoms with Gasteiger partial charge in [0.05, 0.1) is 27.9 Å². The minimum atomic E-state index is -0.310. The Bertz CT molecular complexity index is 885. The van der Waals surface area contributed by atoms with Gasteiger partial charge < -0.3 is 29.6 Å². The van der Waals surface area contributed by atoms with Crippen LogP contribution in [-0.2, 0) is 11.3 Å². The van der Waals surface area contributed by atoms with Crippen LogP contribution >= 0.6 is 0 Å². The minimum Gasteiger partial charge on any atom is -0.493 e. The lowest BCUT2D eigenvalue weighted by Gasteiger charge is -2.23. The Balaban J connectivity index is 2.06. The van der Waals surface area contributed by atoms with Crippen molar-refractivity contribution in [3.63, 3.8) is 0 Å². The summed E-state index contributed by atoms with van der Waals surface area (Å²) in [5.74, 6) is 1.61. The maximum absolute atomic E-state index is 13.1. The van der Waals surface area contributed by atoms with Crippen molar-refractivity contribution in [1.29, 1.82) is 0 Å². The van der Waals surface area contributed by atoms with Gasteiger partial charge in [-0.15, -0.1) is 5.10 Å². The van der Waals surface area contributed by atoms with Gasteiger partial charge in [-0.2, -0.15) is 0 Å². The molecule has 10 nitrogen and oxygen atoms in total. The highest BCUT2D eigenvalue weighted by Gasteiger charge is 2.26. The second kappa shape index (κ2) is 11.1. The molecule has 0 aliphatic carbocycles. The molecule has 2 heterocycles. The van der Waals surface area contributed by atoms with E-state index in [9.17, 15) is 4.79 Å². The molecule has 32 heavy (non-hydrogen) atoms. The SMILES string of the molecule is COCC(C)NC(=O)c1nnn(CC2CCNCC2)c1-c1cc(OC)c(OC)c(OC)c1. The lowest BCUT2D eigenvalue weighted by molar-refractivity contribution is 0.0901. The molecule has 1 unspecified atom stereocenters. The molecular weight excluding hydrogens is 414 g/mol. The predicted molar refractivity (Wildman–Crippen MR) is 120 cm³/mol. The number of ether oxygens (including phenoxy) is 4. The molecule has 1 amide bonds. The van der Waals surface area contributed by atoms with Crippen LogP contribution in [0.3, 0.4) is 0 Å². The predicted octanol–water partition coefficient (Wildman–Crippen LogP) is 1.74. The Morgan fingerprint density at radius 1 is 1.16 bits per heavy atom. The van der Waals surface area contributed by atoms with Crippen LogP contribution in [0.25, 0.3) is 11.3 Å². The van der Waals surface area contributed by atoms with E-state index in [0.717, 1.165) is 25.9 Å². The first kappa shape index (κ1) is 23.8. The topological polar surface area (TPSA) is 109 Å². The Hall–Kier alpha value is -2.85. The second-order valence-corrected chi connectivity index (χ2v) is 7.91. The highest BCUT2D eigenvalue weighted by molar-refractivity contribution is 5.98. The number of nitrogens with zero attached hydrogens (tertiary/aromatic N) is 3. The standard InChI is InChI=1S/C22H33N5O5/c1-14(13-29-2)24-22(28)19-20(27(26-25-19)12-15-6-8-23-9-7-15)16-10-17(30-3)21(32-5)18(11-16)31-4/h10-11,14-15,23H,6-9,12-13H2,1-5H3,(H,24,28). The zero-order valence-electron chi connectivity index (χ0n) is 19.4. The highest BCUT2D eigenvalue weighted by atomic mass is 16.5. The molecule has 1 aromatic carbocycles. The molecule has 176 valence electrons. The molecule has 10 heteroatoms. The summed E-state index contributed by atoms with van der Waals surface area (Å²) in [5.41, 5.74) is 1.57. The number of hydrogen-bond acceptors (Lipinski definition) is 8. The van der Waals surface area contributed by atoms with E-state index in [-0.39, 0.29) is 17.6 Å². The number of carbonyl (C=O) groups excluding carboxylic acids is 1. The van der Waals surface area contributed by atoms with Crippen LogP contribution in [0.2, 0.25) is 0 Å². The van der Waals surface area contributed by atoms with E-state index >= 15 is 0 Å². The van der Waals surface area contributed by atoms with Crippen LogP contribution < -0.4 is 24.8 Å². The lowest BCUT2D eigenvalue weighted by Crippen LogP contribution is -2.36. The Labute approximate surface area is 188 Å². The van der Waals surface area contributed by atoms with Crippen molar-refractivity contribution in [2.24, 2.45) is 5.92 Å². The van der Waals surface area contributed by atoms with E-state index in [2.05, 4.69) is 20.9 Å².